The highest BCUT2D eigenvalue weighted by Gasteiger charge is 2.13. The van der Waals surface area contributed by atoms with E-state index in [1.54, 1.807) is 6.08 Å². The number of carbonyl (C=O) groups excluding carboxylic acids is 1. The number of hydrogen-bond acceptors (Lipinski definition) is 5. The fourth-order valence-corrected chi connectivity index (χ4v) is 2.11. The van der Waals surface area contributed by atoms with E-state index < -0.39 is 0 Å². The van der Waals surface area contributed by atoms with Crippen LogP contribution in [0.1, 0.15) is 58.9 Å². The van der Waals surface area contributed by atoms with E-state index in [1.807, 2.05) is 32.9 Å². The summed E-state index contributed by atoms with van der Waals surface area (Å²) in [6.07, 6.45) is 6.58. The SMILES string of the molecule is CCCOC(=O)C=Cc1c(OCCC)cc(OCCC)cc1OCCC. The van der Waals surface area contributed by atoms with Gasteiger partial charge in [-0.3, -0.25) is 0 Å². The minimum atomic E-state index is -0.374. The van der Waals surface area contributed by atoms with E-state index in [2.05, 4.69) is 6.92 Å². The second-order valence-electron chi connectivity index (χ2n) is 5.88. The Balaban J connectivity index is 3.17. The quantitative estimate of drug-likeness (QED) is 0.363. The number of esters is 1. The Bertz CT molecular complexity index is 537. The molecule has 0 spiro atoms. The van der Waals surface area contributed by atoms with Crippen LogP contribution in [0.25, 0.3) is 6.08 Å². The third kappa shape index (κ3) is 7.81. The van der Waals surface area contributed by atoms with Crippen LogP contribution in [-0.4, -0.2) is 32.4 Å². The molecule has 0 aromatic heterocycles. The fourth-order valence-electron chi connectivity index (χ4n) is 2.11. The molecule has 0 radical (unpaired) electrons. The molecule has 0 N–H and O–H groups in total. The van der Waals surface area contributed by atoms with E-state index in [9.17, 15) is 4.79 Å². The van der Waals surface area contributed by atoms with Crippen molar-refractivity contribution in [2.45, 2.75) is 53.4 Å². The van der Waals surface area contributed by atoms with E-state index in [0.717, 1.165) is 31.2 Å². The standard InChI is InChI=1S/C21H32O5/c1-5-11-23-17-15-19(24-12-6-2)18(20(16-17)25-13-7-3)9-10-21(22)26-14-8-4/h9-10,15-16H,5-8,11-14H2,1-4H3. The van der Waals surface area contributed by atoms with Crippen molar-refractivity contribution in [3.63, 3.8) is 0 Å². The number of rotatable bonds is 13. The molecule has 26 heavy (non-hydrogen) atoms. The normalized spacial score (nSPS) is 10.8. The Morgan fingerprint density at radius 1 is 0.808 bits per heavy atom. The molecular weight excluding hydrogens is 332 g/mol. The summed E-state index contributed by atoms with van der Waals surface area (Å²) >= 11 is 0. The number of hydrogen-bond donors (Lipinski definition) is 0. The molecule has 0 unspecified atom stereocenters. The smallest absolute Gasteiger partial charge is 0.330 e. The van der Waals surface area contributed by atoms with E-state index in [0.29, 0.717) is 43.7 Å². The van der Waals surface area contributed by atoms with Crippen LogP contribution in [0.15, 0.2) is 18.2 Å². The zero-order valence-corrected chi connectivity index (χ0v) is 16.5. The minimum Gasteiger partial charge on any atom is -0.493 e. The van der Waals surface area contributed by atoms with Gasteiger partial charge >= 0.3 is 5.97 Å². The van der Waals surface area contributed by atoms with Gasteiger partial charge in [-0.1, -0.05) is 27.7 Å². The highest BCUT2D eigenvalue weighted by molar-refractivity contribution is 5.88. The highest BCUT2D eigenvalue weighted by Crippen LogP contribution is 2.36. The third-order valence-corrected chi connectivity index (χ3v) is 3.31. The van der Waals surface area contributed by atoms with Crippen molar-refractivity contribution in [2.24, 2.45) is 0 Å². The Kier molecular flexibility index (Phi) is 11.0. The summed E-state index contributed by atoms with van der Waals surface area (Å²) in [4.78, 5) is 11.8. The van der Waals surface area contributed by atoms with Gasteiger partial charge in [-0.2, -0.15) is 0 Å². The van der Waals surface area contributed by atoms with Crippen molar-refractivity contribution in [2.75, 3.05) is 26.4 Å². The van der Waals surface area contributed by atoms with E-state index >= 15 is 0 Å². The predicted octanol–water partition coefficient (Wildman–Crippen LogP) is 5.02. The van der Waals surface area contributed by atoms with Crippen LogP contribution < -0.4 is 14.2 Å². The predicted molar refractivity (Wildman–Crippen MR) is 104 cm³/mol. The van der Waals surface area contributed by atoms with Crippen LogP contribution in [0.2, 0.25) is 0 Å². The van der Waals surface area contributed by atoms with Crippen molar-refractivity contribution >= 4 is 12.0 Å². The van der Waals surface area contributed by atoms with Crippen LogP contribution in [0, 0.1) is 0 Å². The summed E-state index contributed by atoms with van der Waals surface area (Å²) in [5.41, 5.74) is 0.726. The first-order valence-electron chi connectivity index (χ1n) is 9.57. The number of benzene rings is 1. The molecule has 0 aliphatic carbocycles. The molecule has 0 aliphatic heterocycles. The van der Waals surface area contributed by atoms with Gasteiger partial charge in [0.1, 0.15) is 17.2 Å². The highest BCUT2D eigenvalue weighted by atomic mass is 16.5. The molecule has 0 heterocycles. The molecule has 1 rings (SSSR count). The first kappa shape index (κ1) is 21.9. The molecule has 0 aliphatic rings. The molecule has 0 bridgehead atoms. The Labute approximate surface area is 157 Å². The van der Waals surface area contributed by atoms with Gasteiger partial charge < -0.3 is 18.9 Å². The van der Waals surface area contributed by atoms with E-state index in [-0.39, 0.29) is 5.97 Å². The molecular formula is C21H32O5. The molecule has 1 aromatic rings. The molecule has 0 saturated carbocycles. The van der Waals surface area contributed by atoms with Gasteiger partial charge in [0.2, 0.25) is 0 Å². The molecule has 0 saturated heterocycles. The Morgan fingerprint density at radius 3 is 1.81 bits per heavy atom. The lowest BCUT2D eigenvalue weighted by molar-refractivity contribution is -0.137. The summed E-state index contributed by atoms with van der Waals surface area (Å²) in [5, 5.41) is 0. The number of carbonyl (C=O) groups is 1. The maximum Gasteiger partial charge on any atom is 0.330 e. The summed E-state index contributed by atoms with van der Waals surface area (Å²) < 4.78 is 22.6. The van der Waals surface area contributed by atoms with Gasteiger partial charge in [0.05, 0.1) is 32.0 Å². The Morgan fingerprint density at radius 2 is 1.31 bits per heavy atom. The second kappa shape index (κ2) is 13.1. The van der Waals surface area contributed by atoms with Gasteiger partial charge in [0.15, 0.2) is 0 Å². The largest absolute Gasteiger partial charge is 0.493 e. The fraction of sp³-hybridized carbons (Fsp3) is 0.571. The zero-order valence-electron chi connectivity index (χ0n) is 16.5. The summed E-state index contributed by atoms with van der Waals surface area (Å²) in [5.74, 6) is 1.62. The van der Waals surface area contributed by atoms with Gasteiger partial charge in [0, 0.05) is 18.2 Å². The Hall–Kier alpha value is -2.17. The van der Waals surface area contributed by atoms with Crippen LogP contribution in [0.5, 0.6) is 17.2 Å². The molecule has 146 valence electrons. The summed E-state index contributed by atoms with van der Waals surface area (Å²) in [7, 11) is 0. The lowest BCUT2D eigenvalue weighted by Crippen LogP contribution is -2.04. The van der Waals surface area contributed by atoms with Crippen molar-refractivity contribution < 1.29 is 23.7 Å². The molecule has 0 amide bonds. The monoisotopic (exact) mass is 364 g/mol. The first-order chi connectivity index (χ1) is 12.7. The van der Waals surface area contributed by atoms with Gasteiger partial charge in [0.25, 0.3) is 0 Å². The molecule has 5 nitrogen and oxygen atoms in total. The second-order valence-corrected chi connectivity index (χ2v) is 5.88. The maximum absolute atomic E-state index is 11.8. The van der Waals surface area contributed by atoms with Gasteiger partial charge in [-0.05, 0) is 31.8 Å². The number of ether oxygens (including phenoxy) is 4. The summed E-state index contributed by atoms with van der Waals surface area (Å²) in [6.45, 7) is 10.3. The van der Waals surface area contributed by atoms with Gasteiger partial charge in [-0.25, -0.2) is 4.79 Å². The van der Waals surface area contributed by atoms with Crippen molar-refractivity contribution in [3.05, 3.63) is 23.8 Å². The van der Waals surface area contributed by atoms with Crippen molar-refractivity contribution in [1.82, 2.24) is 0 Å². The minimum absolute atomic E-state index is 0.374. The van der Waals surface area contributed by atoms with Crippen molar-refractivity contribution in [3.8, 4) is 17.2 Å². The molecule has 0 atom stereocenters. The lowest BCUT2D eigenvalue weighted by Gasteiger charge is -2.16. The summed E-state index contributed by atoms with van der Waals surface area (Å²) in [6, 6.07) is 3.70. The molecule has 5 heteroatoms. The van der Waals surface area contributed by atoms with E-state index in [4.69, 9.17) is 18.9 Å². The van der Waals surface area contributed by atoms with Crippen LogP contribution in [0.4, 0.5) is 0 Å². The third-order valence-electron chi connectivity index (χ3n) is 3.31. The van der Waals surface area contributed by atoms with Crippen LogP contribution in [-0.2, 0) is 9.53 Å². The lowest BCUT2D eigenvalue weighted by atomic mass is 10.1. The average molecular weight is 364 g/mol. The zero-order chi connectivity index (χ0) is 19.2. The molecule has 0 fully saturated rings. The van der Waals surface area contributed by atoms with Crippen LogP contribution >= 0.6 is 0 Å². The molecule has 1 aromatic carbocycles. The first-order valence-corrected chi connectivity index (χ1v) is 9.57. The maximum atomic E-state index is 11.8. The van der Waals surface area contributed by atoms with Gasteiger partial charge in [-0.15, -0.1) is 0 Å². The van der Waals surface area contributed by atoms with Crippen molar-refractivity contribution in [1.29, 1.82) is 0 Å². The topological polar surface area (TPSA) is 54.0 Å². The van der Waals surface area contributed by atoms with E-state index in [1.165, 1.54) is 6.08 Å². The average Bonchev–Trinajstić information content (AvgIpc) is 2.66. The van der Waals surface area contributed by atoms with Crippen LogP contribution in [0.3, 0.4) is 0 Å².